The van der Waals surface area contributed by atoms with Crippen LogP contribution in [0.25, 0.3) is 0 Å². The molecule has 0 heterocycles. The molecule has 1 aliphatic rings. The predicted molar refractivity (Wildman–Crippen MR) is 73.9 cm³/mol. The van der Waals surface area contributed by atoms with Crippen molar-refractivity contribution in [2.45, 2.75) is 32.2 Å². The molecular formula is C14H19BrFNO. The lowest BCUT2D eigenvalue weighted by Crippen LogP contribution is -2.27. The van der Waals surface area contributed by atoms with Crippen molar-refractivity contribution in [3.63, 3.8) is 0 Å². The molecular weight excluding hydrogens is 297 g/mol. The zero-order valence-electron chi connectivity index (χ0n) is 10.5. The van der Waals surface area contributed by atoms with Gasteiger partial charge in [0.25, 0.3) is 0 Å². The van der Waals surface area contributed by atoms with Crippen molar-refractivity contribution in [2.75, 3.05) is 13.2 Å². The second-order valence-electron chi connectivity index (χ2n) is 5.25. The molecule has 1 aromatic carbocycles. The van der Waals surface area contributed by atoms with Crippen LogP contribution in [0.2, 0.25) is 0 Å². The maximum atomic E-state index is 13.2. The van der Waals surface area contributed by atoms with Crippen molar-refractivity contribution in [2.24, 2.45) is 5.41 Å². The first-order valence-corrected chi connectivity index (χ1v) is 7.15. The Morgan fingerprint density at radius 2 is 2.22 bits per heavy atom. The maximum Gasteiger partial charge on any atom is 0.137 e. The van der Waals surface area contributed by atoms with E-state index < -0.39 is 0 Å². The summed E-state index contributed by atoms with van der Waals surface area (Å²) in [5, 5.41) is 12.5. The van der Waals surface area contributed by atoms with Crippen LogP contribution in [0.4, 0.5) is 4.39 Å². The summed E-state index contributed by atoms with van der Waals surface area (Å²) in [7, 11) is 0. The van der Waals surface area contributed by atoms with Crippen molar-refractivity contribution in [3.05, 3.63) is 34.1 Å². The monoisotopic (exact) mass is 315 g/mol. The van der Waals surface area contributed by atoms with Crippen LogP contribution in [0.15, 0.2) is 22.7 Å². The van der Waals surface area contributed by atoms with E-state index in [1.807, 2.05) is 12.1 Å². The molecule has 0 amide bonds. The van der Waals surface area contributed by atoms with E-state index in [0.717, 1.165) is 18.5 Å². The number of benzene rings is 1. The number of aliphatic hydroxyl groups excluding tert-OH is 1. The van der Waals surface area contributed by atoms with Gasteiger partial charge in [-0.15, -0.1) is 0 Å². The summed E-state index contributed by atoms with van der Waals surface area (Å²) in [6.07, 6.45) is 3.26. The highest BCUT2D eigenvalue weighted by Crippen LogP contribution is 2.48. The van der Waals surface area contributed by atoms with E-state index in [1.54, 1.807) is 0 Å². The fourth-order valence-electron chi connectivity index (χ4n) is 2.20. The van der Waals surface area contributed by atoms with Crippen LogP contribution >= 0.6 is 15.9 Å². The third kappa shape index (κ3) is 3.31. The predicted octanol–water partition coefficient (Wildman–Crippen LogP) is 3.40. The van der Waals surface area contributed by atoms with Gasteiger partial charge in [-0.2, -0.15) is 0 Å². The molecule has 0 radical (unpaired) electrons. The molecule has 0 bridgehead atoms. The lowest BCUT2D eigenvalue weighted by molar-refractivity contribution is 0.243. The second-order valence-corrected chi connectivity index (χ2v) is 6.10. The van der Waals surface area contributed by atoms with E-state index in [0.29, 0.717) is 9.89 Å². The van der Waals surface area contributed by atoms with Gasteiger partial charge in [-0.3, -0.25) is 0 Å². The minimum atomic E-state index is -0.232. The fourth-order valence-corrected chi connectivity index (χ4v) is 2.59. The first-order valence-electron chi connectivity index (χ1n) is 6.35. The van der Waals surface area contributed by atoms with Gasteiger partial charge < -0.3 is 10.4 Å². The van der Waals surface area contributed by atoms with Crippen molar-refractivity contribution >= 4 is 15.9 Å². The van der Waals surface area contributed by atoms with E-state index in [-0.39, 0.29) is 18.5 Å². The summed E-state index contributed by atoms with van der Waals surface area (Å²) >= 11 is 3.21. The van der Waals surface area contributed by atoms with Crippen LogP contribution in [0.3, 0.4) is 0 Å². The van der Waals surface area contributed by atoms with Crippen LogP contribution in [0, 0.1) is 11.2 Å². The van der Waals surface area contributed by atoms with Gasteiger partial charge in [-0.25, -0.2) is 4.39 Å². The number of halogens is 2. The van der Waals surface area contributed by atoms with Crippen molar-refractivity contribution in [1.29, 1.82) is 0 Å². The fraction of sp³-hybridized carbons (Fsp3) is 0.571. The molecule has 2 nitrogen and oxygen atoms in total. The molecule has 0 spiro atoms. The van der Waals surface area contributed by atoms with Gasteiger partial charge in [0.05, 0.1) is 4.47 Å². The third-order valence-electron chi connectivity index (χ3n) is 3.83. The van der Waals surface area contributed by atoms with Gasteiger partial charge in [0.15, 0.2) is 0 Å². The van der Waals surface area contributed by atoms with Gasteiger partial charge in [-0.1, -0.05) is 6.07 Å². The highest BCUT2D eigenvalue weighted by molar-refractivity contribution is 9.10. The number of rotatable bonds is 6. The lowest BCUT2D eigenvalue weighted by Gasteiger charge is -2.20. The van der Waals surface area contributed by atoms with E-state index in [2.05, 4.69) is 28.2 Å². The molecule has 0 aliphatic heterocycles. The summed E-state index contributed by atoms with van der Waals surface area (Å²) in [6, 6.07) is 5.30. The van der Waals surface area contributed by atoms with Crippen LogP contribution in [-0.2, 0) is 0 Å². The van der Waals surface area contributed by atoms with Crippen molar-refractivity contribution in [3.8, 4) is 0 Å². The van der Waals surface area contributed by atoms with Crippen LogP contribution < -0.4 is 5.32 Å². The molecule has 1 aliphatic carbocycles. The molecule has 18 heavy (non-hydrogen) atoms. The molecule has 2 N–H and O–H groups in total. The number of hydrogen-bond donors (Lipinski definition) is 2. The Balaban J connectivity index is 1.91. The first-order chi connectivity index (χ1) is 8.56. The SMILES string of the molecule is CC(NCC1(CCO)CC1)c1ccc(F)c(Br)c1. The molecule has 1 saturated carbocycles. The van der Waals surface area contributed by atoms with Crippen LogP contribution in [-0.4, -0.2) is 18.3 Å². The second kappa shape index (κ2) is 5.68. The van der Waals surface area contributed by atoms with Gasteiger partial charge in [0.2, 0.25) is 0 Å². The van der Waals surface area contributed by atoms with Gasteiger partial charge in [0, 0.05) is 19.2 Å². The molecule has 1 atom stereocenters. The smallest absolute Gasteiger partial charge is 0.137 e. The van der Waals surface area contributed by atoms with Gasteiger partial charge in [0.1, 0.15) is 5.82 Å². The van der Waals surface area contributed by atoms with Gasteiger partial charge >= 0.3 is 0 Å². The summed E-state index contributed by atoms with van der Waals surface area (Å²) in [5.74, 6) is -0.232. The molecule has 1 aromatic rings. The van der Waals surface area contributed by atoms with Crippen molar-refractivity contribution < 1.29 is 9.50 Å². The largest absolute Gasteiger partial charge is 0.396 e. The summed E-state index contributed by atoms with van der Waals surface area (Å²) < 4.78 is 13.7. The number of hydrogen-bond acceptors (Lipinski definition) is 2. The Labute approximate surface area is 116 Å². The normalized spacial score (nSPS) is 18.7. The molecule has 0 aromatic heterocycles. The Kier molecular flexibility index (Phi) is 4.41. The molecule has 4 heteroatoms. The Morgan fingerprint density at radius 3 is 2.78 bits per heavy atom. The Morgan fingerprint density at radius 1 is 1.50 bits per heavy atom. The average molecular weight is 316 g/mol. The molecule has 1 fully saturated rings. The van der Waals surface area contributed by atoms with Crippen LogP contribution in [0.1, 0.15) is 37.8 Å². The summed E-state index contributed by atoms with van der Waals surface area (Å²) in [5.41, 5.74) is 1.38. The minimum Gasteiger partial charge on any atom is -0.396 e. The van der Waals surface area contributed by atoms with E-state index >= 15 is 0 Å². The zero-order valence-corrected chi connectivity index (χ0v) is 12.1. The van der Waals surface area contributed by atoms with Crippen molar-refractivity contribution in [1.82, 2.24) is 5.32 Å². The lowest BCUT2D eigenvalue weighted by atomic mass is 10.0. The van der Waals surface area contributed by atoms with Gasteiger partial charge in [-0.05, 0) is 65.2 Å². The Bertz CT molecular complexity index is 420. The first kappa shape index (κ1) is 14.0. The number of nitrogens with one attached hydrogen (secondary N) is 1. The van der Waals surface area contributed by atoms with E-state index in [4.69, 9.17) is 5.11 Å². The highest BCUT2D eigenvalue weighted by Gasteiger charge is 2.41. The third-order valence-corrected chi connectivity index (χ3v) is 4.43. The molecule has 1 unspecified atom stereocenters. The molecule has 0 saturated heterocycles. The van der Waals surface area contributed by atoms with E-state index in [1.165, 1.54) is 18.9 Å². The minimum absolute atomic E-state index is 0.193. The zero-order chi connectivity index (χ0) is 13.2. The molecule has 100 valence electrons. The topological polar surface area (TPSA) is 32.3 Å². The maximum absolute atomic E-state index is 13.2. The summed E-state index contributed by atoms with van der Waals surface area (Å²) in [6.45, 7) is 3.26. The Hall–Kier alpha value is -0.450. The van der Waals surface area contributed by atoms with Crippen LogP contribution in [0.5, 0.6) is 0 Å². The standard InChI is InChI=1S/C14H19BrFNO/c1-10(11-2-3-13(16)12(15)8-11)17-9-14(4-5-14)6-7-18/h2-3,8,10,17-18H,4-7,9H2,1H3. The molecule has 2 rings (SSSR count). The highest BCUT2D eigenvalue weighted by atomic mass is 79.9. The number of aliphatic hydroxyl groups is 1. The quantitative estimate of drug-likeness (QED) is 0.843. The summed E-state index contributed by atoms with van der Waals surface area (Å²) in [4.78, 5) is 0. The van der Waals surface area contributed by atoms with E-state index in [9.17, 15) is 4.39 Å². The average Bonchev–Trinajstić information content (AvgIpc) is 3.11.